The molecule has 0 fully saturated rings. The molecule has 0 aliphatic carbocycles. The summed E-state index contributed by atoms with van der Waals surface area (Å²) in [5.41, 5.74) is 1.43. The van der Waals surface area contributed by atoms with Crippen molar-refractivity contribution in [1.82, 2.24) is 30.2 Å². The molecule has 4 aromatic rings. The van der Waals surface area contributed by atoms with E-state index in [0.29, 0.717) is 17.0 Å². The lowest BCUT2D eigenvalue weighted by Gasteiger charge is -2.20. The summed E-state index contributed by atoms with van der Waals surface area (Å²) in [4.78, 5) is 20.5. The molecule has 0 saturated carbocycles. The van der Waals surface area contributed by atoms with Crippen molar-refractivity contribution in [3.05, 3.63) is 66.1 Å². The number of aliphatic hydroxyl groups excluding tert-OH is 3. The molecule has 0 aliphatic rings. The highest BCUT2D eigenvalue weighted by Gasteiger charge is 2.23. The molecule has 1 aromatic carbocycles. The predicted molar refractivity (Wildman–Crippen MR) is 125 cm³/mol. The summed E-state index contributed by atoms with van der Waals surface area (Å²) in [6.07, 6.45) is 2.23. The number of anilines is 1. The third-order valence-corrected chi connectivity index (χ3v) is 5.33. The summed E-state index contributed by atoms with van der Waals surface area (Å²) in [5.74, 6) is -2.54. The van der Waals surface area contributed by atoms with Gasteiger partial charge in [-0.05, 0) is 12.1 Å². The minimum atomic E-state index is -1.35. The average Bonchev–Trinajstić information content (AvgIpc) is 3.58. The van der Waals surface area contributed by atoms with Crippen LogP contribution in [-0.2, 0) is 11.3 Å². The Morgan fingerprint density at radius 1 is 1.05 bits per heavy atom. The molecular formula is C23H23F2N7O5. The van der Waals surface area contributed by atoms with Crippen LogP contribution in [0.1, 0.15) is 5.56 Å². The van der Waals surface area contributed by atoms with Crippen molar-refractivity contribution in [2.24, 2.45) is 0 Å². The Balaban J connectivity index is 1.64. The maximum absolute atomic E-state index is 14.5. The molecule has 14 heteroatoms. The van der Waals surface area contributed by atoms with Gasteiger partial charge in [-0.3, -0.25) is 9.48 Å². The molecule has 0 aliphatic heterocycles. The second-order valence-electron chi connectivity index (χ2n) is 7.89. The standard InChI is InChI=1S/C23H23F2N7O5/c24-15-4-2-1-3-13(15)9-32-20(17-5-6-37-31-17)7-18(30-32)22-26-8-16(25)21(29-22)28-19(12-35)23(36)27-14(10-33)11-34/h1-8,14,19,33-35H,9-12H2,(H,27,36)(H,26,28,29). The maximum Gasteiger partial charge on any atom is 0.245 e. The fourth-order valence-corrected chi connectivity index (χ4v) is 3.39. The van der Waals surface area contributed by atoms with Gasteiger partial charge in [-0.2, -0.15) is 5.10 Å². The van der Waals surface area contributed by atoms with Crippen LogP contribution in [0.2, 0.25) is 0 Å². The number of nitrogens with one attached hydrogen (secondary N) is 2. The first-order chi connectivity index (χ1) is 17.9. The number of aromatic nitrogens is 5. The summed E-state index contributed by atoms with van der Waals surface area (Å²) in [6.45, 7) is -1.75. The van der Waals surface area contributed by atoms with Crippen LogP contribution in [0, 0.1) is 11.6 Å². The van der Waals surface area contributed by atoms with Crippen LogP contribution in [0.15, 0.2) is 53.4 Å². The lowest BCUT2D eigenvalue weighted by atomic mass is 10.2. The van der Waals surface area contributed by atoms with Crippen molar-refractivity contribution in [2.45, 2.75) is 18.6 Å². The van der Waals surface area contributed by atoms with Gasteiger partial charge in [0.1, 0.15) is 29.5 Å². The minimum Gasteiger partial charge on any atom is -0.394 e. The largest absolute Gasteiger partial charge is 0.394 e. The van der Waals surface area contributed by atoms with Crippen molar-refractivity contribution in [3.8, 4) is 22.9 Å². The van der Waals surface area contributed by atoms with Crippen molar-refractivity contribution in [2.75, 3.05) is 25.1 Å². The monoisotopic (exact) mass is 515 g/mol. The number of rotatable bonds is 11. The highest BCUT2D eigenvalue weighted by Crippen LogP contribution is 2.26. The zero-order chi connectivity index (χ0) is 26.4. The van der Waals surface area contributed by atoms with Crippen LogP contribution in [0.25, 0.3) is 22.9 Å². The lowest BCUT2D eigenvalue weighted by Crippen LogP contribution is -2.49. The fraction of sp³-hybridized carbons (Fsp3) is 0.261. The van der Waals surface area contributed by atoms with Crippen LogP contribution in [0.5, 0.6) is 0 Å². The first-order valence-corrected chi connectivity index (χ1v) is 11.1. The Labute approximate surface area is 208 Å². The number of hydrogen-bond acceptors (Lipinski definition) is 10. The predicted octanol–water partition coefficient (Wildman–Crippen LogP) is 0.564. The summed E-state index contributed by atoms with van der Waals surface area (Å²) in [7, 11) is 0. The van der Waals surface area contributed by atoms with Crippen molar-refractivity contribution >= 4 is 11.7 Å². The van der Waals surface area contributed by atoms with Crippen LogP contribution < -0.4 is 10.6 Å². The second kappa shape index (κ2) is 11.6. The highest BCUT2D eigenvalue weighted by atomic mass is 19.1. The van der Waals surface area contributed by atoms with E-state index in [1.807, 2.05) is 0 Å². The van der Waals surface area contributed by atoms with E-state index < -0.39 is 55.3 Å². The molecule has 0 bridgehead atoms. The molecule has 5 N–H and O–H groups in total. The number of nitrogens with zero attached hydrogens (tertiary/aromatic N) is 5. The molecule has 37 heavy (non-hydrogen) atoms. The molecule has 1 amide bonds. The molecular weight excluding hydrogens is 492 g/mol. The van der Waals surface area contributed by atoms with Gasteiger partial charge in [0.25, 0.3) is 0 Å². The van der Waals surface area contributed by atoms with Gasteiger partial charge in [-0.25, -0.2) is 18.7 Å². The lowest BCUT2D eigenvalue weighted by molar-refractivity contribution is -0.124. The molecule has 3 heterocycles. The van der Waals surface area contributed by atoms with E-state index in [4.69, 9.17) is 14.7 Å². The topological polar surface area (TPSA) is 171 Å². The third-order valence-electron chi connectivity index (χ3n) is 5.33. The number of halogens is 2. The molecule has 194 valence electrons. The molecule has 0 saturated heterocycles. The minimum absolute atomic E-state index is 0.0263. The van der Waals surface area contributed by atoms with E-state index in [9.17, 15) is 18.7 Å². The molecule has 1 atom stereocenters. The van der Waals surface area contributed by atoms with Gasteiger partial charge in [-0.1, -0.05) is 23.4 Å². The van der Waals surface area contributed by atoms with E-state index in [1.165, 1.54) is 17.0 Å². The van der Waals surface area contributed by atoms with E-state index in [-0.39, 0.29) is 18.1 Å². The SMILES string of the molecule is O=C(NC(CO)CO)C(CO)Nc1nc(-c2cc(-c3ccon3)n(Cc3ccccc3F)n2)ncc1F. The van der Waals surface area contributed by atoms with Crippen molar-refractivity contribution in [1.29, 1.82) is 0 Å². The number of carbonyl (C=O) groups excluding carboxylic acids is 1. The number of benzene rings is 1. The van der Waals surface area contributed by atoms with Crippen LogP contribution in [0.4, 0.5) is 14.6 Å². The molecule has 0 radical (unpaired) electrons. The van der Waals surface area contributed by atoms with Crippen LogP contribution in [0.3, 0.4) is 0 Å². The number of carbonyl (C=O) groups is 1. The Morgan fingerprint density at radius 3 is 2.51 bits per heavy atom. The first-order valence-electron chi connectivity index (χ1n) is 11.1. The van der Waals surface area contributed by atoms with Gasteiger partial charge < -0.3 is 30.5 Å². The van der Waals surface area contributed by atoms with E-state index in [1.54, 1.807) is 30.3 Å². The van der Waals surface area contributed by atoms with Gasteiger partial charge in [0.05, 0.1) is 44.3 Å². The summed E-state index contributed by atoms with van der Waals surface area (Å²) >= 11 is 0. The van der Waals surface area contributed by atoms with Crippen LogP contribution in [-0.4, -0.2) is 78.0 Å². The zero-order valence-corrected chi connectivity index (χ0v) is 19.3. The van der Waals surface area contributed by atoms with Gasteiger partial charge in [0.15, 0.2) is 17.5 Å². The summed E-state index contributed by atoms with van der Waals surface area (Å²) < 4.78 is 35.2. The van der Waals surface area contributed by atoms with Crippen LogP contribution >= 0.6 is 0 Å². The Kier molecular flexibility index (Phi) is 8.12. The molecule has 1 unspecified atom stereocenters. The van der Waals surface area contributed by atoms with Gasteiger partial charge in [0.2, 0.25) is 5.91 Å². The first kappa shape index (κ1) is 25.8. The number of aliphatic hydroxyl groups is 3. The molecule has 3 aromatic heterocycles. The Bertz CT molecular complexity index is 1350. The average molecular weight is 515 g/mol. The molecule has 4 rings (SSSR count). The Morgan fingerprint density at radius 2 is 1.84 bits per heavy atom. The van der Waals surface area contributed by atoms with E-state index in [0.717, 1.165) is 6.20 Å². The van der Waals surface area contributed by atoms with E-state index in [2.05, 4.69) is 30.9 Å². The van der Waals surface area contributed by atoms with Crippen molar-refractivity contribution < 1.29 is 33.4 Å². The summed E-state index contributed by atoms with van der Waals surface area (Å²) in [6, 6.07) is 7.06. The van der Waals surface area contributed by atoms with E-state index >= 15 is 0 Å². The summed E-state index contributed by atoms with van der Waals surface area (Å²) in [5, 5.41) is 41.1. The number of hydrogen-bond donors (Lipinski definition) is 5. The smallest absolute Gasteiger partial charge is 0.245 e. The maximum atomic E-state index is 14.5. The van der Waals surface area contributed by atoms with Gasteiger partial charge in [0, 0.05) is 11.6 Å². The van der Waals surface area contributed by atoms with Gasteiger partial charge >= 0.3 is 0 Å². The molecule has 12 nitrogen and oxygen atoms in total. The zero-order valence-electron chi connectivity index (χ0n) is 19.3. The fourth-order valence-electron chi connectivity index (χ4n) is 3.39. The quantitative estimate of drug-likeness (QED) is 0.190. The van der Waals surface area contributed by atoms with Crippen molar-refractivity contribution in [3.63, 3.8) is 0 Å². The second-order valence-corrected chi connectivity index (χ2v) is 7.89. The Hall–Kier alpha value is -4.27. The normalized spacial score (nSPS) is 12.1. The number of amides is 1. The molecule has 0 spiro atoms. The highest BCUT2D eigenvalue weighted by molar-refractivity contribution is 5.84. The van der Waals surface area contributed by atoms with Gasteiger partial charge in [-0.15, -0.1) is 0 Å². The third kappa shape index (κ3) is 5.94.